The molecule has 0 saturated heterocycles. The van der Waals surface area contributed by atoms with Crippen molar-refractivity contribution >= 4 is 34.3 Å². The Bertz CT molecular complexity index is 1460. The summed E-state index contributed by atoms with van der Waals surface area (Å²) in [5.74, 6) is -0.274. The maximum atomic E-state index is 13.8. The van der Waals surface area contributed by atoms with Gasteiger partial charge in [-0.2, -0.15) is 10.4 Å². The van der Waals surface area contributed by atoms with Crippen LogP contribution in [0.5, 0.6) is 0 Å². The molecule has 0 radical (unpaired) electrons. The molecule has 0 unspecified atom stereocenters. The number of nitrogens with one attached hydrogen (secondary N) is 1. The average Bonchev–Trinajstić information content (AvgIpc) is 3.32. The van der Waals surface area contributed by atoms with Gasteiger partial charge in [0.25, 0.3) is 0 Å². The third-order valence-corrected chi connectivity index (χ3v) is 6.56. The van der Waals surface area contributed by atoms with Crippen LogP contribution in [0, 0.1) is 17.1 Å². The van der Waals surface area contributed by atoms with Crippen LogP contribution in [0.2, 0.25) is 5.02 Å². The highest BCUT2D eigenvalue weighted by molar-refractivity contribution is 6.33. The van der Waals surface area contributed by atoms with Gasteiger partial charge in [-0.1, -0.05) is 30.9 Å². The Hall–Kier alpha value is -3.96. The quantitative estimate of drug-likeness (QED) is 0.272. The summed E-state index contributed by atoms with van der Waals surface area (Å²) in [5.41, 5.74) is 10.7. The van der Waals surface area contributed by atoms with E-state index in [1.165, 1.54) is 24.6 Å². The van der Waals surface area contributed by atoms with E-state index in [0.717, 1.165) is 48.0 Å². The van der Waals surface area contributed by atoms with Gasteiger partial charge in [0.15, 0.2) is 0 Å². The molecule has 0 spiro atoms. The predicted octanol–water partition coefficient (Wildman–Crippen LogP) is 5.84. The van der Waals surface area contributed by atoms with Gasteiger partial charge < -0.3 is 11.1 Å². The van der Waals surface area contributed by atoms with E-state index in [1.807, 2.05) is 18.3 Å². The molecule has 35 heavy (non-hydrogen) atoms. The molecular formula is C26H23ClFN7. The number of hydrogen-bond acceptors (Lipinski definition) is 5. The molecule has 1 saturated carbocycles. The van der Waals surface area contributed by atoms with Crippen molar-refractivity contribution in [2.24, 2.45) is 10.7 Å². The zero-order valence-electron chi connectivity index (χ0n) is 18.9. The van der Waals surface area contributed by atoms with Crippen LogP contribution in [0.25, 0.3) is 16.6 Å². The summed E-state index contributed by atoms with van der Waals surface area (Å²) < 4.78 is 15.5. The number of nitriles is 1. The van der Waals surface area contributed by atoms with E-state index < -0.39 is 5.82 Å². The number of fused-ring (bicyclic) bond motifs is 1. The first-order valence-corrected chi connectivity index (χ1v) is 11.8. The number of anilines is 1. The second-order valence-corrected chi connectivity index (χ2v) is 8.98. The predicted molar refractivity (Wildman–Crippen MR) is 135 cm³/mol. The van der Waals surface area contributed by atoms with E-state index in [4.69, 9.17) is 17.3 Å². The van der Waals surface area contributed by atoms with Crippen molar-refractivity contribution in [3.63, 3.8) is 0 Å². The summed E-state index contributed by atoms with van der Waals surface area (Å²) in [7, 11) is 0. The molecule has 1 aliphatic carbocycles. The van der Waals surface area contributed by atoms with E-state index in [0.29, 0.717) is 16.3 Å². The SMILES string of the molecule is N#Cc1ncccc1-c1cc2c(NC3CCCCC3)c(C(N)=Nc3cc(F)ccc3Cl)cnn2c1. The molecule has 9 heteroatoms. The van der Waals surface area contributed by atoms with Crippen LogP contribution < -0.4 is 11.1 Å². The lowest BCUT2D eigenvalue weighted by atomic mass is 9.95. The average molecular weight is 488 g/mol. The van der Waals surface area contributed by atoms with E-state index >= 15 is 0 Å². The number of hydrogen-bond donors (Lipinski definition) is 2. The third-order valence-electron chi connectivity index (χ3n) is 6.24. The molecule has 176 valence electrons. The van der Waals surface area contributed by atoms with Crippen molar-refractivity contribution in [3.05, 3.63) is 77.1 Å². The molecule has 0 amide bonds. The fourth-order valence-electron chi connectivity index (χ4n) is 4.49. The third kappa shape index (κ3) is 4.68. The zero-order chi connectivity index (χ0) is 24.4. The van der Waals surface area contributed by atoms with Gasteiger partial charge in [-0.15, -0.1) is 0 Å². The monoisotopic (exact) mass is 487 g/mol. The first-order valence-electron chi connectivity index (χ1n) is 11.5. The maximum Gasteiger partial charge on any atom is 0.148 e. The molecule has 5 rings (SSSR count). The van der Waals surface area contributed by atoms with Gasteiger partial charge in [0.2, 0.25) is 0 Å². The largest absolute Gasteiger partial charge is 0.383 e. The molecule has 1 aromatic carbocycles. The minimum atomic E-state index is -0.448. The number of pyridine rings is 1. The number of aliphatic imine (C=N–C) groups is 1. The summed E-state index contributed by atoms with van der Waals surface area (Å²) in [6.45, 7) is 0. The second kappa shape index (κ2) is 9.72. The van der Waals surface area contributed by atoms with Crippen molar-refractivity contribution in [1.82, 2.24) is 14.6 Å². The number of rotatable bonds is 5. The fourth-order valence-corrected chi connectivity index (χ4v) is 4.65. The summed E-state index contributed by atoms with van der Waals surface area (Å²) in [4.78, 5) is 8.60. The van der Waals surface area contributed by atoms with Crippen LogP contribution in [0.4, 0.5) is 15.8 Å². The maximum absolute atomic E-state index is 13.8. The number of benzene rings is 1. The molecule has 3 aromatic heterocycles. The van der Waals surface area contributed by atoms with Gasteiger partial charge in [-0.25, -0.2) is 18.9 Å². The summed E-state index contributed by atoms with van der Waals surface area (Å²) >= 11 is 6.22. The summed E-state index contributed by atoms with van der Waals surface area (Å²) in [6, 6.07) is 12.0. The van der Waals surface area contributed by atoms with E-state index in [1.54, 1.807) is 23.0 Å². The van der Waals surface area contributed by atoms with Crippen LogP contribution in [0.3, 0.4) is 0 Å². The van der Waals surface area contributed by atoms with Crippen LogP contribution in [-0.2, 0) is 0 Å². The number of halogens is 2. The highest BCUT2D eigenvalue weighted by Crippen LogP contribution is 2.33. The minimum Gasteiger partial charge on any atom is -0.383 e. The Morgan fingerprint density at radius 3 is 2.86 bits per heavy atom. The van der Waals surface area contributed by atoms with Gasteiger partial charge in [0.1, 0.15) is 23.4 Å². The Morgan fingerprint density at radius 1 is 1.23 bits per heavy atom. The molecule has 7 nitrogen and oxygen atoms in total. The van der Waals surface area contributed by atoms with Crippen LogP contribution in [0.15, 0.2) is 60.0 Å². The lowest BCUT2D eigenvalue weighted by molar-refractivity contribution is 0.463. The smallest absolute Gasteiger partial charge is 0.148 e. The van der Waals surface area contributed by atoms with Crippen LogP contribution in [0.1, 0.15) is 43.4 Å². The molecule has 0 aliphatic heterocycles. The lowest BCUT2D eigenvalue weighted by Crippen LogP contribution is -2.25. The zero-order valence-corrected chi connectivity index (χ0v) is 19.6. The topological polar surface area (TPSA) is 104 Å². The standard InChI is InChI=1S/C26H23ClFN7/c27-21-9-8-17(28)12-22(21)34-26(30)20-14-32-35-15-16(19-7-4-10-31-23(19)13-29)11-24(35)25(20)33-18-5-2-1-3-6-18/h4,7-12,14-15,18,33H,1-3,5-6H2,(H2,30,34). The molecule has 1 aliphatic rings. The summed E-state index contributed by atoms with van der Waals surface area (Å²) in [5, 5.41) is 18.0. The second-order valence-electron chi connectivity index (χ2n) is 8.58. The number of aromatic nitrogens is 3. The van der Waals surface area contributed by atoms with Crippen molar-refractivity contribution in [2.45, 2.75) is 38.1 Å². The van der Waals surface area contributed by atoms with Gasteiger partial charge in [-0.3, -0.25) is 0 Å². The van der Waals surface area contributed by atoms with Crippen LogP contribution >= 0.6 is 11.6 Å². The minimum absolute atomic E-state index is 0.174. The van der Waals surface area contributed by atoms with E-state index in [9.17, 15) is 9.65 Å². The Kier molecular flexibility index (Phi) is 6.34. The fraction of sp³-hybridized carbons (Fsp3) is 0.231. The van der Waals surface area contributed by atoms with Crippen molar-refractivity contribution in [3.8, 4) is 17.2 Å². The number of nitrogens with two attached hydrogens (primary N) is 1. The highest BCUT2D eigenvalue weighted by Gasteiger charge is 2.20. The first-order chi connectivity index (χ1) is 17.0. The summed E-state index contributed by atoms with van der Waals surface area (Å²) in [6.07, 6.45) is 10.7. The normalized spacial score (nSPS) is 14.7. The van der Waals surface area contributed by atoms with E-state index in [-0.39, 0.29) is 17.6 Å². The van der Waals surface area contributed by atoms with Crippen LogP contribution in [-0.4, -0.2) is 26.5 Å². The lowest BCUT2D eigenvalue weighted by Gasteiger charge is -2.25. The van der Waals surface area contributed by atoms with Gasteiger partial charge in [0, 0.05) is 35.6 Å². The van der Waals surface area contributed by atoms with Gasteiger partial charge >= 0.3 is 0 Å². The van der Waals surface area contributed by atoms with Gasteiger partial charge in [-0.05, 0) is 43.2 Å². The molecule has 3 N–H and O–H groups in total. The Labute approximate surface area is 207 Å². The van der Waals surface area contributed by atoms with Crippen molar-refractivity contribution in [2.75, 3.05) is 5.32 Å². The number of amidine groups is 1. The molecule has 4 aromatic rings. The Morgan fingerprint density at radius 2 is 2.06 bits per heavy atom. The molecule has 0 atom stereocenters. The highest BCUT2D eigenvalue weighted by atomic mass is 35.5. The van der Waals surface area contributed by atoms with Crippen molar-refractivity contribution in [1.29, 1.82) is 5.26 Å². The molecule has 0 bridgehead atoms. The molecular weight excluding hydrogens is 465 g/mol. The van der Waals surface area contributed by atoms with E-state index in [2.05, 4.69) is 26.5 Å². The molecule has 3 heterocycles. The number of nitrogens with zero attached hydrogens (tertiary/aromatic N) is 5. The Balaban J connectivity index is 1.65. The van der Waals surface area contributed by atoms with Gasteiger partial charge in [0.05, 0.1) is 33.7 Å². The molecule has 1 fully saturated rings. The first kappa shape index (κ1) is 22.8. The van der Waals surface area contributed by atoms with Crippen molar-refractivity contribution < 1.29 is 4.39 Å².